The highest BCUT2D eigenvalue weighted by atomic mass is 16.7. The van der Waals surface area contributed by atoms with Gasteiger partial charge in [0.2, 0.25) is 0 Å². The number of hydrogen-bond donors (Lipinski definition) is 0. The molecule has 0 saturated carbocycles. The van der Waals surface area contributed by atoms with Gasteiger partial charge in [0, 0.05) is 19.4 Å². The van der Waals surface area contributed by atoms with Crippen molar-refractivity contribution in [2.24, 2.45) is 4.99 Å². The van der Waals surface area contributed by atoms with Gasteiger partial charge in [-0.1, -0.05) is 12.1 Å². The Kier molecular flexibility index (Phi) is 7.06. The average Bonchev–Trinajstić information content (AvgIpc) is 2.39. The van der Waals surface area contributed by atoms with Gasteiger partial charge in [-0.15, -0.1) is 0 Å². The second-order valence-electron chi connectivity index (χ2n) is 3.61. The summed E-state index contributed by atoms with van der Waals surface area (Å²) in [4.78, 5) is 4.32. The molecule has 0 unspecified atom stereocenters. The minimum Gasteiger partial charge on any atom is -0.497 e. The van der Waals surface area contributed by atoms with Crippen LogP contribution in [0.1, 0.15) is 19.4 Å². The Bertz CT molecular complexity index is 360. The van der Waals surface area contributed by atoms with Gasteiger partial charge in [0.1, 0.15) is 5.75 Å². The summed E-state index contributed by atoms with van der Waals surface area (Å²) in [5, 5.41) is 0. The van der Waals surface area contributed by atoms with Crippen LogP contribution in [0.2, 0.25) is 0 Å². The lowest BCUT2D eigenvalue weighted by molar-refractivity contribution is -0.128. The Morgan fingerprint density at radius 2 is 1.94 bits per heavy atom. The molecule has 1 rings (SSSR count). The highest BCUT2D eigenvalue weighted by Gasteiger charge is 2.05. The first-order valence-corrected chi connectivity index (χ1v) is 6.17. The van der Waals surface area contributed by atoms with Crippen molar-refractivity contribution in [2.75, 3.05) is 26.9 Å². The quantitative estimate of drug-likeness (QED) is 0.526. The Hall–Kier alpha value is -1.39. The highest BCUT2D eigenvalue weighted by molar-refractivity contribution is 5.80. The molecule has 0 aliphatic heterocycles. The SMILES string of the molecule is CCOC(C/N=C/c1cccc(OC)c1)OCC. The third kappa shape index (κ3) is 5.29. The van der Waals surface area contributed by atoms with E-state index >= 15 is 0 Å². The van der Waals surface area contributed by atoms with Crippen LogP contribution in [0.3, 0.4) is 0 Å². The van der Waals surface area contributed by atoms with E-state index in [2.05, 4.69) is 4.99 Å². The third-order valence-electron chi connectivity index (χ3n) is 2.29. The van der Waals surface area contributed by atoms with Crippen LogP contribution < -0.4 is 4.74 Å². The first kappa shape index (κ1) is 14.7. The monoisotopic (exact) mass is 251 g/mol. The lowest BCUT2D eigenvalue weighted by atomic mass is 10.2. The minimum absolute atomic E-state index is 0.262. The molecule has 4 heteroatoms. The molecule has 1 aromatic rings. The maximum atomic E-state index is 5.40. The Labute approximate surface area is 109 Å². The van der Waals surface area contributed by atoms with E-state index in [9.17, 15) is 0 Å². The topological polar surface area (TPSA) is 40.0 Å². The van der Waals surface area contributed by atoms with Crippen LogP contribution >= 0.6 is 0 Å². The summed E-state index contributed by atoms with van der Waals surface area (Å²) in [5.41, 5.74) is 1.00. The van der Waals surface area contributed by atoms with E-state index in [4.69, 9.17) is 14.2 Å². The predicted octanol–water partition coefficient (Wildman–Crippen LogP) is 2.51. The van der Waals surface area contributed by atoms with Crippen molar-refractivity contribution >= 4 is 6.21 Å². The molecule has 0 aliphatic rings. The number of nitrogens with zero attached hydrogens (tertiary/aromatic N) is 1. The van der Waals surface area contributed by atoms with Crippen molar-refractivity contribution in [3.63, 3.8) is 0 Å². The summed E-state index contributed by atoms with van der Waals surface area (Å²) >= 11 is 0. The summed E-state index contributed by atoms with van der Waals surface area (Å²) in [6, 6.07) is 7.74. The fourth-order valence-electron chi connectivity index (χ4n) is 1.49. The number of hydrogen-bond acceptors (Lipinski definition) is 4. The molecule has 4 nitrogen and oxygen atoms in total. The Balaban J connectivity index is 2.51. The fourth-order valence-corrected chi connectivity index (χ4v) is 1.49. The maximum absolute atomic E-state index is 5.40. The number of ether oxygens (including phenoxy) is 3. The second-order valence-corrected chi connectivity index (χ2v) is 3.61. The normalized spacial score (nSPS) is 11.3. The van der Waals surface area contributed by atoms with Gasteiger partial charge in [-0.2, -0.15) is 0 Å². The molecule has 0 fully saturated rings. The number of benzene rings is 1. The van der Waals surface area contributed by atoms with Crippen molar-refractivity contribution in [1.82, 2.24) is 0 Å². The summed E-state index contributed by atoms with van der Waals surface area (Å²) in [6.45, 7) is 5.63. The molecule has 1 aromatic carbocycles. The molecule has 0 spiro atoms. The van der Waals surface area contributed by atoms with Crippen LogP contribution in [0, 0.1) is 0 Å². The average molecular weight is 251 g/mol. The number of rotatable bonds is 8. The molecule has 0 amide bonds. The zero-order chi connectivity index (χ0) is 13.2. The van der Waals surface area contributed by atoms with Crippen LogP contribution in [-0.2, 0) is 9.47 Å². The summed E-state index contributed by atoms with van der Waals surface area (Å²) in [7, 11) is 1.65. The zero-order valence-electron chi connectivity index (χ0n) is 11.3. The molecule has 0 atom stereocenters. The van der Waals surface area contributed by atoms with E-state index in [1.54, 1.807) is 13.3 Å². The first-order chi connectivity index (χ1) is 8.80. The summed E-state index contributed by atoms with van der Waals surface area (Å²) < 4.78 is 16.0. The second kappa shape index (κ2) is 8.66. The van der Waals surface area contributed by atoms with Crippen molar-refractivity contribution in [3.8, 4) is 5.75 Å². The molecular weight excluding hydrogens is 230 g/mol. The molecule has 0 heterocycles. The molecule has 0 aromatic heterocycles. The van der Waals surface area contributed by atoms with Crippen LogP contribution in [0.5, 0.6) is 5.75 Å². The van der Waals surface area contributed by atoms with Gasteiger partial charge in [0.25, 0.3) is 0 Å². The van der Waals surface area contributed by atoms with E-state index in [-0.39, 0.29) is 6.29 Å². The van der Waals surface area contributed by atoms with E-state index in [0.29, 0.717) is 19.8 Å². The van der Waals surface area contributed by atoms with E-state index in [1.807, 2.05) is 38.1 Å². The molecule has 0 saturated heterocycles. The largest absolute Gasteiger partial charge is 0.497 e. The molecule has 0 radical (unpaired) electrons. The molecular formula is C14H21NO3. The maximum Gasteiger partial charge on any atom is 0.176 e. The predicted molar refractivity (Wildman–Crippen MR) is 72.5 cm³/mol. The van der Waals surface area contributed by atoms with Crippen LogP contribution in [0.4, 0.5) is 0 Å². The Morgan fingerprint density at radius 1 is 1.22 bits per heavy atom. The molecule has 0 aliphatic carbocycles. The molecule has 18 heavy (non-hydrogen) atoms. The van der Waals surface area contributed by atoms with Gasteiger partial charge < -0.3 is 14.2 Å². The van der Waals surface area contributed by atoms with Crippen molar-refractivity contribution in [2.45, 2.75) is 20.1 Å². The highest BCUT2D eigenvalue weighted by Crippen LogP contribution is 2.10. The lowest BCUT2D eigenvalue weighted by Gasteiger charge is -2.14. The van der Waals surface area contributed by atoms with Gasteiger partial charge in [-0.25, -0.2) is 0 Å². The van der Waals surface area contributed by atoms with Crippen LogP contribution in [0.25, 0.3) is 0 Å². The standard InChI is InChI=1S/C14H21NO3/c1-4-17-14(18-5-2)11-15-10-12-7-6-8-13(9-12)16-3/h6-10,14H,4-5,11H2,1-3H3/b15-10+. The summed E-state index contributed by atoms with van der Waals surface area (Å²) in [5.74, 6) is 0.824. The number of aliphatic imine (C=N–C) groups is 1. The lowest BCUT2D eigenvalue weighted by Crippen LogP contribution is -2.20. The van der Waals surface area contributed by atoms with E-state index < -0.39 is 0 Å². The van der Waals surface area contributed by atoms with Gasteiger partial charge in [0.15, 0.2) is 6.29 Å². The van der Waals surface area contributed by atoms with Gasteiger partial charge >= 0.3 is 0 Å². The third-order valence-corrected chi connectivity index (χ3v) is 2.29. The smallest absolute Gasteiger partial charge is 0.176 e. The zero-order valence-corrected chi connectivity index (χ0v) is 11.3. The van der Waals surface area contributed by atoms with Crippen LogP contribution in [-0.4, -0.2) is 39.4 Å². The molecule has 0 N–H and O–H groups in total. The van der Waals surface area contributed by atoms with E-state index in [0.717, 1.165) is 11.3 Å². The van der Waals surface area contributed by atoms with Gasteiger partial charge in [-0.05, 0) is 31.5 Å². The van der Waals surface area contributed by atoms with Gasteiger partial charge in [-0.3, -0.25) is 4.99 Å². The van der Waals surface area contributed by atoms with Crippen molar-refractivity contribution in [3.05, 3.63) is 29.8 Å². The van der Waals surface area contributed by atoms with Crippen molar-refractivity contribution < 1.29 is 14.2 Å². The summed E-state index contributed by atoms with van der Waals surface area (Å²) in [6.07, 6.45) is 1.54. The fraction of sp³-hybridized carbons (Fsp3) is 0.500. The Morgan fingerprint density at radius 3 is 2.56 bits per heavy atom. The molecule has 100 valence electrons. The van der Waals surface area contributed by atoms with Gasteiger partial charge in [0.05, 0.1) is 13.7 Å². The first-order valence-electron chi connectivity index (χ1n) is 6.17. The van der Waals surface area contributed by atoms with E-state index in [1.165, 1.54) is 0 Å². The van der Waals surface area contributed by atoms with Crippen LogP contribution in [0.15, 0.2) is 29.3 Å². The minimum atomic E-state index is -0.262. The number of methoxy groups -OCH3 is 1. The van der Waals surface area contributed by atoms with Crippen molar-refractivity contribution in [1.29, 1.82) is 0 Å². The molecule has 0 bridgehead atoms.